The normalized spacial score (nSPS) is 13.5. The van der Waals surface area contributed by atoms with Gasteiger partial charge in [0.15, 0.2) is 0 Å². The molecular formula is C25H18F3N3O2. The molecular weight excluding hydrogens is 431 g/mol. The first-order valence-electron chi connectivity index (χ1n) is 10.2. The molecule has 0 fully saturated rings. The fourth-order valence-electron chi connectivity index (χ4n) is 4.25. The second-order valence-corrected chi connectivity index (χ2v) is 7.76. The van der Waals surface area contributed by atoms with E-state index in [1.54, 1.807) is 25.4 Å². The quantitative estimate of drug-likeness (QED) is 0.418. The van der Waals surface area contributed by atoms with Crippen LogP contribution in [0.15, 0.2) is 67.0 Å². The molecule has 0 N–H and O–H groups in total. The lowest BCUT2D eigenvalue weighted by Gasteiger charge is -2.19. The molecule has 3 heterocycles. The zero-order valence-corrected chi connectivity index (χ0v) is 17.6. The summed E-state index contributed by atoms with van der Waals surface area (Å²) < 4.78 is 45.8. The summed E-state index contributed by atoms with van der Waals surface area (Å²) in [4.78, 5) is 22.6. The van der Waals surface area contributed by atoms with Crippen LogP contribution in [-0.2, 0) is 19.1 Å². The average molecular weight is 449 g/mol. The molecule has 33 heavy (non-hydrogen) atoms. The van der Waals surface area contributed by atoms with Gasteiger partial charge in [0.25, 0.3) is 5.91 Å². The number of alkyl halides is 3. The molecule has 5 nitrogen and oxygen atoms in total. The molecule has 0 spiro atoms. The fourth-order valence-corrected chi connectivity index (χ4v) is 4.25. The Bertz CT molecular complexity index is 1370. The van der Waals surface area contributed by atoms with Crippen molar-refractivity contribution in [2.24, 2.45) is 0 Å². The van der Waals surface area contributed by atoms with E-state index in [-0.39, 0.29) is 12.4 Å². The summed E-state index contributed by atoms with van der Waals surface area (Å²) in [7, 11) is 1.54. The van der Waals surface area contributed by atoms with E-state index in [4.69, 9.17) is 4.74 Å². The van der Waals surface area contributed by atoms with Gasteiger partial charge < -0.3 is 4.74 Å². The molecule has 0 saturated carbocycles. The van der Waals surface area contributed by atoms with Crippen molar-refractivity contribution in [3.63, 3.8) is 0 Å². The van der Waals surface area contributed by atoms with E-state index < -0.39 is 17.6 Å². The lowest BCUT2D eigenvalue weighted by Crippen LogP contribution is -2.27. The van der Waals surface area contributed by atoms with Crippen molar-refractivity contribution in [3.05, 3.63) is 94.8 Å². The van der Waals surface area contributed by atoms with Gasteiger partial charge in [-0.1, -0.05) is 30.3 Å². The number of anilines is 1. The number of ether oxygens (including phenoxy) is 1. The van der Waals surface area contributed by atoms with Crippen molar-refractivity contribution in [1.82, 2.24) is 9.97 Å². The van der Waals surface area contributed by atoms with Crippen LogP contribution in [0.5, 0.6) is 5.88 Å². The lowest BCUT2D eigenvalue weighted by molar-refractivity contribution is -0.137. The molecule has 0 atom stereocenters. The Balaban J connectivity index is 1.60. The highest BCUT2D eigenvalue weighted by atomic mass is 19.4. The summed E-state index contributed by atoms with van der Waals surface area (Å²) in [6.45, 7) is 0.0269. The number of aromatic nitrogens is 2. The van der Waals surface area contributed by atoms with Crippen LogP contribution in [0.1, 0.15) is 32.6 Å². The van der Waals surface area contributed by atoms with Crippen LogP contribution in [-0.4, -0.2) is 23.0 Å². The lowest BCUT2D eigenvalue weighted by atomic mass is 9.93. The first-order valence-corrected chi connectivity index (χ1v) is 10.2. The Morgan fingerprint density at radius 3 is 2.52 bits per heavy atom. The summed E-state index contributed by atoms with van der Waals surface area (Å²) in [5.41, 5.74) is 1.98. The van der Waals surface area contributed by atoms with Crippen LogP contribution in [0, 0.1) is 0 Å². The second kappa shape index (κ2) is 7.88. The van der Waals surface area contributed by atoms with Gasteiger partial charge in [-0.2, -0.15) is 13.2 Å². The monoisotopic (exact) mass is 449 g/mol. The average Bonchev–Trinajstić information content (AvgIpc) is 3.15. The second-order valence-electron chi connectivity index (χ2n) is 7.76. The zero-order valence-electron chi connectivity index (χ0n) is 17.6. The molecule has 2 aromatic heterocycles. The topological polar surface area (TPSA) is 55.3 Å². The van der Waals surface area contributed by atoms with Crippen molar-refractivity contribution < 1.29 is 22.7 Å². The molecule has 0 bridgehead atoms. The Morgan fingerprint density at radius 2 is 1.82 bits per heavy atom. The Kier molecular flexibility index (Phi) is 5.00. The summed E-state index contributed by atoms with van der Waals surface area (Å²) in [5.74, 6) is -0.371. The smallest absolute Gasteiger partial charge is 0.419 e. The number of amides is 1. The molecule has 1 amide bonds. The van der Waals surface area contributed by atoms with Crippen LogP contribution in [0.2, 0.25) is 0 Å². The van der Waals surface area contributed by atoms with Crippen LogP contribution >= 0.6 is 0 Å². The van der Waals surface area contributed by atoms with Crippen molar-refractivity contribution >= 4 is 22.5 Å². The van der Waals surface area contributed by atoms with Gasteiger partial charge in [-0.05, 0) is 52.1 Å². The van der Waals surface area contributed by atoms with Crippen LogP contribution in [0.4, 0.5) is 19.0 Å². The maximum absolute atomic E-state index is 13.6. The van der Waals surface area contributed by atoms with E-state index in [9.17, 15) is 18.0 Å². The highest BCUT2D eigenvalue weighted by molar-refractivity contribution is 6.13. The van der Waals surface area contributed by atoms with Gasteiger partial charge >= 0.3 is 6.18 Å². The number of halogens is 3. The highest BCUT2D eigenvalue weighted by Crippen LogP contribution is 2.40. The van der Waals surface area contributed by atoms with E-state index in [1.807, 2.05) is 30.3 Å². The molecule has 166 valence electrons. The Morgan fingerprint density at radius 1 is 1.03 bits per heavy atom. The predicted octanol–water partition coefficient (Wildman–Crippen LogP) is 5.41. The number of pyridine rings is 2. The first kappa shape index (κ1) is 20.9. The molecule has 2 aromatic carbocycles. The van der Waals surface area contributed by atoms with E-state index >= 15 is 0 Å². The van der Waals surface area contributed by atoms with Crippen LogP contribution in [0.25, 0.3) is 10.8 Å². The molecule has 0 radical (unpaired) electrons. The Labute approximate surface area is 187 Å². The molecule has 5 rings (SSSR count). The summed E-state index contributed by atoms with van der Waals surface area (Å²) in [5, 5.41) is 1.78. The molecule has 1 aliphatic heterocycles. The fraction of sp³-hybridized carbons (Fsp3) is 0.160. The molecule has 0 aliphatic carbocycles. The van der Waals surface area contributed by atoms with Gasteiger partial charge in [0.05, 0.1) is 19.2 Å². The van der Waals surface area contributed by atoms with Crippen molar-refractivity contribution in [1.29, 1.82) is 0 Å². The molecule has 4 aromatic rings. The van der Waals surface area contributed by atoms with Gasteiger partial charge in [-0.25, -0.2) is 9.97 Å². The van der Waals surface area contributed by atoms with Gasteiger partial charge in [-0.15, -0.1) is 0 Å². The molecule has 8 heteroatoms. The third-order valence-electron chi connectivity index (χ3n) is 5.78. The highest BCUT2D eigenvalue weighted by Gasteiger charge is 2.40. The van der Waals surface area contributed by atoms with Crippen molar-refractivity contribution in [3.8, 4) is 5.88 Å². The van der Waals surface area contributed by atoms with E-state index in [2.05, 4.69) is 9.97 Å². The predicted molar refractivity (Wildman–Crippen MR) is 117 cm³/mol. The largest absolute Gasteiger partial charge is 0.481 e. The van der Waals surface area contributed by atoms with Gasteiger partial charge in [-0.3, -0.25) is 9.69 Å². The number of methoxy groups -OCH3 is 1. The number of carbonyl (C=O) groups excluding carboxylic acids is 1. The minimum Gasteiger partial charge on any atom is -0.481 e. The maximum Gasteiger partial charge on any atom is 0.419 e. The number of hydrogen-bond donors (Lipinski definition) is 0. The van der Waals surface area contributed by atoms with Gasteiger partial charge in [0.1, 0.15) is 5.82 Å². The summed E-state index contributed by atoms with van der Waals surface area (Å²) in [6.07, 6.45) is -1.14. The SMILES string of the molecule is COc1ccc(Cc2cc3c(c4ccccc24)CN(c2ncccc2C(F)(F)F)C3=O)cn1. The maximum atomic E-state index is 13.6. The number of carbonyl (C=O) groups is 1. The standard InChI is InChI=1S/C25H18F3N3O2/c1-33-22-9-8-15(13-30-22)11-16-12-19-20(18-6-3-2-5-17(16)18)14-31(24(19)32)23-21(25(26,27)28)7-4-10-29-23/h2-10,12-13H,11,14H2,1H3. The summed E-state index contributed by atoms with van der Waals surface area (Å²) in [6, 6.07) is 15.2. The minimum atomic E-state index is -4.62. The zero-order chi connectivity index (χ0) is 23.2. The number of benzene rings is 2. The van der Waals surface area contributed by atoms with E-state index in [0.29, 0.717) is 23.4 Å². The van der Waals surface area contributed by atoms with E-state index in [0.717, 1.165) is 32.9 Å². The number of fused-ring (bicyclic) bond motifs is 3. The Hall–Kier alpha value is -3.94. The molecule has 1 aliphatic rings. The van der Waals surface area contributed by atoms with Crippen LogP contribution < -0.4 is 9.64 Å². The minimum absolute atomic E-state index is 0.0269. The number of nitrogens with zero attached hydrogens (tertiary/aromatic N) is 3. The van der Waals surface area contributed by atoms with E-state index in [1.165, 1.54) is 12.3 Å². The third kappa shape index (κ3) is 3.67. The van der Waals surface area contributed by atoms with Crippen molar-refractivity contribution in [2.75, 3.05) is 12.0 Å². The third-order valence-corrected chi connectivity index (χ3v) is 5.78. The number of rotatable bonds is 4. The van der Waals surface area contributed by atoms with Gasteiger partial charge in [0, 0.05) is 24.0 Å². The van der Waals surface area contributed by atoms with Crippen LogP contribution in [0.3, 0.4) is 0 Å². The molecule has 0 unspecified atom stereocenters. The van der Waals surface area contributed by atoms with Gasteiger partial charge in [0.2, 0.25) is 5.88 Å². The first-order chi connectivity index (χ1) is 15.9. The van der Waals surface area contributed by atoms with Crippen molar-refractivity contribution in [2.45, 2.75) is 19.1 Å². The molecule has 0 saturated heterocycles. The number of hydrogen-bond acceptors (Lipinski definition) is 4. The summed E-state index contributed by atoms with van der Waals surface area (Å²) >= 11 is 0.